The van der Waals surface area contributed by atoms with E-state index in [-0.39, 0.29) is 41.4 Å². The van der Waals surface area contributed by atoms with Crippen LogP contribution in [-0.2, 0) is 9.59 Å². The minimum absolute atomic E-state index is 0.0206. The number of benzene rings is 1. The van der Waals surface area contributed by atoms with E-state index in [0.29, 0.717) is 28.0 Å². The summed E-state index contributed by atoms with van der Waals surface area (Å²) in [5, 5.41) is 5.49. The fourth-order valence-electron chi connectivity index (χ4n) is 7.26. The number of aryl methyl sites for hydroxylation is 1. The second-order valence-corrected chi connectivity index (χ2v) is 15.0. The Morgan fingerprint density at radius 1 is 1.11 bits per heavy atom. The van der Waals surface area contributed by atoms with E-state index in [9.17, 15) is 9.59 Å². The number of aromatic nitrogens is 1. The second-order valence-electron chi connectivity index (χ2n) is 13.2. The van der Waals surface area contributed by atoms with Crippen LogP contribution in [0.4, 0.5) is 0 Å². The number of fused-ring (bicyclic) bond motifs is 1. The maximum absolute atomic E-state index is 14.6. The Morgan fingerprint density at radius 3 is 2.57 bits per heavy atom. The van der Waals surface area contributed by atoms with Gasteiger partial charge in [-0.2, -0.15) is 0 Å². The van der Waals surface area contributed by atoms with Crippen LogP contribution in [0, 0.1) is 12.8 Å². The van der Waals surface area contributed by atoms with E-state index in [4.69, 9.17) is 28.2 Å². The van der Waals surface area contributed by atoms with Gasteiger partial charge < -0.3 is 20.0 Å². The van der Waals surface area contributed by atoms with Gasteiger partial charge >= 0.3 is 0 Å². The predicted molar refractivity (Wildman–Crippen MR) is 176 cm³/mol. The van der Waals surface area contributed by atoms with Crippen molar-refractivity contribution in [1.29, 1.82) is 0 Å². The highest BCUT2D eigenvalue weighted by Crippen LogP contribution is 2.54. The van der Waals surface area contributed by atoms with Gasteiger partial charge in [0, 0.05) is 48.1 Å². The monoisotopic (exact) mass is 652 g/mol. The van der Waals surface area contributed by atoms with Crippen LogP contribution in [0.2, 0.25) is 10.2 Å². The molecule has 232 valence electrons. The molecule has 1 aliphatic carbocycles. The topological polar surface area (TPSA) is 81.1 Å². The molecule has 0 bridgehead atoms. The highest BCUT2D eigenvalue weighted by atomic mass is 35.5. The van der Waals surface area contributed by atoms with Crippen molar-refractivity contribution >= 4 is 51.9 Å². The minimum Gasteiger partial charge on any atom is -0.338 e. The van der Waals surface area contributed by atoms with Gasteiger partial charge in [-0.15, -0.1) is 0 Å². The first-order chi connectivity index (χ1) is 21.1. The number of nitrogens with zero attached hydrogens (tertiary/aromatic N) is 5. The van der Waals surface area contributed by atoms with Crippen LogP contribution in [0.25, 0.3) is 0 Å². The average molecular weight is 654 g/mol. The number of thioether (sulfide) groups is 1. The lowest BCUT2D eigenvalue weighted by molar-refractivity contribution is -0.144. The van der Waals surface area contributed by atoms with Crippen molar-refractivity contribution in [2.24, 2.45) is 10.9 Å². The molecular weight excluding hydrogens is 615 g/mol. The first kappa shape index (κ1) is 30.1. The lowest BCUT2D eigenvalue weighted by Gasteiger charge is -2.38. The quantitative estimate of drug-likeness (QED) is 0.393. The van der Waals surface area contributed by atoms with Crippen LogP contribution in [0.3, 0.4) is 0 Å². The molecule has 2 amide bonds. The van der Waals surface area contributed by atoms with Gasteiger partial charge in [-0.1, -0.05) is 55.2 Å². The van der Waals surface area contributed by atoms with Crippen molar-refractivity contribution in [3.63, 3.8) is 0 Å². The number of carbonyl (C=O) groups is 2. The number of halogens is 2. The molecule has 4 atom stereocenters. The number of pyridine rings is 1. The highest BCUT2D eigenvalue weighted by Gasteiger charge is 2.52. The SMILES string of the molecule is Cc1ccc([C@@H]2[C@H](c3ccc(Cl)nc3)N=C3SC(C(=O)N4[C@H](C)CC[C@H]4C(=O)N4CCNC5(CC5)C4)=C(C(C)C)N32)cc1Cl. The number of likely N-dealkylation sites (tertiary alicyclic amines) is 1. The van der Waals surface area contributed by atoms with Gasteiger partial charge in [0.25, 0.3) is 5.91 Å². The van der Waals surface area contributed by atoms with Crippen LogP contribution in [0.5, 0.6) is 0 Å². The van der Waals surface area contributed by atoms with Crippen molar-refractivity contribution < 1.29 is 9.59 Å². The molecule has 1 saturated carbocycles. The summed E-state index contributed by atoms with van der Waals surface area (Å²) in [6.45, 7) is 10.5. The molecule has 5 aliphatic rings. The first-order valence-electron chi connectivity index (χ1n) is 15.6. The van der Waals surface area contributed by atoms with E-state index in [1.165, 1.54) is 11.8 Å². The average Bonchev–Trinajstić information content (AvgIpc) is 3.30. The van der Waals surface area contributed by atoms with E-state index < -0.39 is 6.04 Å². The van der Waals surface area contributed by atoms with Crippen LogP contribution in [0.15, 0.2) is 52.1 Å². The Bertz CT molecular complexity index is 1570. The molecule has 2 saturated heterocycles. The number of piperazine rings is 1. The molecule has 11 heteroatoms. The van der Waals surface area contributed by atoms with Gasteiger partial charge in [-0.25, -0.2) is 4.98 Å². The predicted octanol–water partition coefficient (Wildman–Crippen LogP) is 6.11. The van der Waals surface area contributed by atoms with Gasteiger partial charge in [0.2, 0.25) is 5.91 Å². The van der Waals surface area contributed by atoms with Crippen LogP contribution in [-0.4, -0.2) is 73.9 Å². The second kappa shape index (κ2) is 11.3. The highest BCUT2D eigenvalue weighted by molar-refractivity contribution is 8.18. The van der Waals surface area contributed by atoms with E-state index in [1.54, 1.807) is 12.3 Å². The molecule has 0 unspecified atom stereocenters. The van der Waals surface area contributed by atoms with Gasteiger partial charge in [0.15, 0.2) is 5.17 Å². The van der Waals surface area contributed by atoms with E-state index in [2.05, 4.69) is 42.0 Å². The van der Waals surface area contributed by atoms with E-state index in [0.717, 1.165) is 59.9 Å². The third-order valence-corrected chi connectivity index (χ3v) is 11.5. The smallest absolute Gasteiger partial charge is 0.263 e. The first-order valence-corrected chi connectivity index (χ1v) is 17.2. The maximum Gasteiger partial charge on any atom is 0.263 e. The van der Waals surface area contributed by atoms with E-state index >= 15 is 0 Å². The number of carbonyl (C=O) groups excluding carboxylic acids is 2. The summed E-state index contributed by atoms with van der Waals surface area (Å²) in [5.74, 6) is 0.0564. The molecule has 8 nitrogen and oxygen atoms in total. The summed E-state index contributed by atoms with van der Waals surface area (Å²) < 4.78 is 0. The molecule has 1 aromatic heterocycles. The van der Waals surface area contributed by atoms with Gasteiger partial charge in [0.1, 0.15) is 22.1 Å². The summed E-state index contributed by atoms with van der Waals surface area (Å²) in [4.78, 5) is 44.9. The number of amides is 2. The number of amidine groups is 1. The Kier molecular flexibility index (Phi) is 7.75. The molecule has 2 aromatic rings. The number of hydrogen-bond donors (Lipinski definition) is 1. The molecule has 4 aliphatic heterocycles. The zero-order valence-corrected chi connectivity index (χ0v) is 27.8. The molecule has 1 aromatic carbocycles. The third kappa shape index (κ3) is 5.13. The molecule has 1 N–H and O–H groups in total. The Labute approximate surface area is 273 Å². The minimum atomic E-state index is -0.440. The lowest BCUT2D eigenvalue weighted by Crippen LogP contribution is -2.58. The van der Waals surface area contributed by atoms with Crippen molar-refractivity contribution in [3.05, 3.63) is 74.0 Å². The van der Waals surface area contributed by atoms with Crippen molar-refractivity contribution in [3.8, 4) is 0 Å². The zero-order valence-electron chi connectivity index (χ0n) is 25.5. The number of rotatable bonds is 5. The van der Waals surface area contributed by atoms with Crippen LogP contribution < -0.4 is 5.32 Å². The van der Waals surface area contributed by atoms with Crippen molar-refractivity contribution in [2.75, 3.05) is 19.6 Å². The number of allylic oxidation sites excluding steroid dienone is 1. The van der Waals surface area contributed by atoms with Crippen molar-refractivity contribution in [2.45, 2.75) is 83.1 Å². The maximum atomic E-state index is 14.6. The lowest BCUT2D eigenvalue weighted by atomic mass is 9.92. The molecule has 44 heavy (non-hydrogen) atoms. The number of hydrogen-bond acceptors (Lipinski definition) is 7. The molecule has 3 fully saturated rings. The molecule has 7 rings (SSSR count). The van der Waals surface area contributed by atoms with Crippen LogP contribution in [0.1, 0.15) is 75.2 Å². The summed E-state index contributed by atoms with van der Waals surface area (Å²) in [7, 11) is 0. The zero-order chi connectivity index (χ0) is 30.9. The molecule has 0 radical (unpaired) electrons. The number of aliphatic imine (C=N–C) groups is 1. The Morgan fingerprint density at radius 2 is 1.89 bits per heavy atom. The number of nitrogens with one attached hydrogen (secondary N) is 1. The summed E-state index contributed by atoms with van der Waals surface area (Å²) in [6.07, 6.45) is 5.51. The molecule has 1 spiro atoms. The Balaban J connectivity index is 1.25. The van der Waals surface area contributed by atoms with Crippen LogP contribution >= 0.6 is 35.0 Å². The molecule has 5 heterocycles. The van der Waals surface area contributed by atoms with Gasteiger partial charge in [0.05, 0.1) is 6.04 Å². The van der Waals surface area contributed by atoms with Gasteiger partial charge in [-0.05, 0) is 86.0 Å². The van der Waals surface area contributed by atoms with E-state index in [1.807, 2.05) is 34.9 Å². The fourth-order valence-corrected chi connectivity index (χ4v) is 8.85. The summed E-state index contributed by atoms with van der Waals surface area (Å²) in [6, 6.07) is 8.96. The standard InChI is InChI=1S/C33H38Cl2N6O2S/c1-18(2)27-29(31(43)40-20(4)6-9-24(40)30(42)39-14-13-37-33(17-39)11-12-33)44-32-38-26(22-8-10-25(35)36-16-22)28(41(27)32)21-7-5-19(3)23(34)15-21/h5,7-8,10,15-16,18,20,24,26,28,37H,6,9,11-14,17H2,1-4H3/t20-,24+,26+,28-/m1/s1. The van der Waals surface area contributed by atoms with Gasteiger partial charge in [-0.3, -0.25) is 14.6 Å². The normalized spacial score (nSPS) is 27.4. The van der Waals surface area contributed by atoms with Crippen molar-refractivity contribution in [1.82, 2.24) is 25.0 Å². The summed E-state index contributed by atoms with van der Waals surface area (Å²) >= 11 is 14.2. The summed E-state index contributed by atoms with van der Waals surface area (Å²) in [5.41, 5.74) is 3.99. The fraction of sp³-hybridized carbons (Fsp3) is 0.515. The molecular formula is C33H38Cl2N6O2S. The third-order valence-electron chi connectivity index (χ3n) is 9.82. The Hall–Kier alpha value is -2.59. The largest absolute Gasteiger partial charge is 0.338 e.